The number of hydrogen-bond donors (Lipinski definition) is 3. The third-order valence-electron chi connectivity index (χ3n) is 6.97. The Morgan fingerprint density at radius 2 is 1.79 bits per heavy atom. The summed E-state index contributed by atoms with van der Waals surface area (Å²) in [5.74, 6) is -3.25. The van der Waals surface area contributed by atoms with E-state index in [1.807, 2.05) is 25.7 Å². The number of dihydropyridines is 1. The van der Waals surface area contributed by atoms with Gasteiger partial charge in [-0.3, -0.25) is 0 Å². The summed E-state index contributed by atoms with van der Waals surface area (Å²) < 4.78 is 46.7. The van der Waals surface area contributed by atoms with Crippen LogP contribution in [0.1, 0.15) is 20.8 Å². The number of rotatable bonds is 4. The summed E-state index contributed by atoms with van der Waals surface area (Å²) in [6.07, 6.45) is 3.59. The second-order valence-corrected chi connectivity index (χ2v) is 10.6. The Labute approximate surface area is 232 Å². The molecule has 1 atom stereocenters. The number of anilines is 2. The Kier molecular flexibility index (Phi) is 7.25. The minimum absolute atomic E-state index is 0.0346. The summed E-state index contributed by atoms with van der Waals surface area (Å²) >= 11 is 11.8. The Hall–Kier alpha value is -3.28. The van der Waals surface area contributed by atoms with Crippen LogP contribution in [0.2, 0.25) is 10.0 Å². The van der Waals surface area contributed by atoms with Crippen LogP contribution in [0.3, 0.4) is 0 Å². The molecule has 2 aromatic heterocycles. The molecule has 4 N–H and O–H groups in total. The van der Waals surface area contributed by atoms with Gasteiger partial charge in [0.05, 0.1) is 28.4 Å². The van der Waals surface area contributed by atoms with Crippen molar-refractivity contribution >= 4 is 51.4 Å². The normalized spacial score (nSPS) is 17.9. The van der Waals surface area contributed by atoms with E-state index >= 15 is 8.78 Å². The Bertz CT molecular complexity index is 1580. The predicted octanol–water partition coefficient (Wildman–Crippen LogP) is 4.55. The van der Waals surface area contributed by atoms with Crippen LogP contribution in [-0.4, -0.2) is 46.8 Å². The first-order chi connectivity index (χ1) is 18.5. The molecule has 1 aromatic carbocycles. The summed E-state index contributed by atoms with van der Waals surface area (Å²) in [4.78, 5) is 24.4. The molecule has 0 spiro atoms. The van der Waals surface area contributed by atoms with E-state index in [4.69, 9.17) is 28.9 Å². The molecule has 3 aromatic rings. The second-order valence-electron chi connectivity index (χ2n) is 9.81. The molecular weight excluding hydrogens is 554 g/mol. The molecule has 0 radical (unpaired) electrons. The Balaban J connectivity index is 1.90. The van der Waals surface area contributed by atoms with Crippen molar-refractivity contribution in [2.45, 2.75) is 26.8 Å². The molecule has 13 heteroatoms. The number of fused-ring (bicyclic) bond motifs is 1. The molecule has 39 heavy (non-hydrogen) atoms. The van der Waals surface area contributed by atoms with Gasteiger partial charge in [0.15, 0.2) is 23.1 Å². The van der Waals surface area contributed by atoms with Crippen molar-refractivity contribution in [3.8, 4) is 11.3 Å². The first-order valence-corrected chi connectivity index (χ1v) is 13.1. The fourth-order valence-corrected chi connectivity index (χ4v) is 5.43. The molecule has 0 aliphatic carbocycles. The summed E-state index contributed by atoms with van der Waals surface area (Å²) in [5, 5.41) is 5.13. The molecule has 5 rings (SSSR count). The van der Waals surface area contributed by atoms with Gasteiger partial charge in [-0.05, 0) is 36.8 Å². The van der Waals surface area contributed by atoms with Crippen molar-refractivity contribution in [3.05, 3.63) is 61.9 Å². The maximum absolute atomic E-state index is 15.8. The van der Waals surface area contributed by atoms with E-state index < -0.39 is 50.1 Å². The summed E-state index contributed by atoms with van der Waals surface area (Å²) in [5.41, 5.74) is 4.94. The van der Waals surface area contributed by atoms with Gasteiger partial charge < -0.3 is 21.3 Å². The molecule has 0 bridgehead atoms. The van der Waals surface area contributed by atoms with Gasteiger partial charge in [-0.15, -0.1) is 0 Å². The number of aromatic nitrogens is 3. The number of nitrogens with one attached hydrogen (secondary N) is 2. The highest BCUT2D eigenvalue weighted by Crippen LogP contribution is 2.42. The zero-order chi connectivity index (χ0) is 28.2. The average molecular weight is 580 g/mol. The molecule has 1 fully saturated rings. The lowest BCUT2D eigenvalue weighted by molar-refractivity contribution is 0.505. The maximum atomic E-state index is 15.8. The fraction of sp³-hybridized carbons (Fsp3) is 0.346. The van der Waals surface area contributed by atoms with Gasteiger partial charge in [-0.25, -0.2) is 27.5 Å². The van der Waals surface area contributed by atoms with Gasteiger partial charge in [-0.1, -0.05) is 37.0 Å². The summed E-state index contributed by atoms with van der Waals surface area (Å²) in [7, 11) is 0. The van der Waals surface area contributed by atoms with Gasteiger partial charge in [0.25, 0.3) is 0 Å². The van der Waals surface area contributed by atoms with Crippen LogP contribution in [-0.2, 0) is 0 Å². The van der Waals surface area contributed by atoms with Crippen molar-refractivity contribution in [2.75, 3.05) is 36.8 Å². The monoisotopic (exact) mass is 579 g/mol. The zero-order valence-electron chi connectivity index (χ0n) is 21.4. The van der Waals surface area contributed by atoms with E-state index in [1.165, 1.54) is 4.57 Å². The largest absolute Gasteiger partial charge is 0.397 e. The van der Waals surface area contributed by atoms with E-state index in [1.54, 1.807) is 12.3 Å². The molecule has 2 aliphatic heterocycles. The smallest absolute Gasteiger partial charge is 0.355 e. The second kappa shape index (κ2) is 10.4. The SMILES string of the molecule is CC1=C(n2c(=O)nc(N3CCNCC3)c3cc(F)c(-c4c(N)c(Cl)c(F)c(Cl)c4F)nc32)C(C(C)C)NC=C1. The van der Waals surface area contributed by atoms with Gasteiger partial charge in [0.1, 0.15) is 21.6 Å². The molecule has 0 amide bonds. The van der Waals surface area contributed by atoms with Crippen LogP contribution < -0.4 is 27.0 Å². The fourth-order valence-electron chi connectivity index (χ4n) is 5.01. The van der Waals surface area contributed by atoms with Gasteiger partial charge in [0.2, 0.25) is 0 Å². The number of pyridine rings is 1. The zero-order valence-corrected chi connectivity index (χ0v) is 22.9. The number of nitrogens with zero attached hydrogens (tertiary/aromatic N) is 4. The highest BCUT2D eigenvalue weighted by atomic mass is 35.5. The Morgan fingerprint density at radius 3 is 2.46 bits per heavy atom. The van der Waals surface area contributed by atoms with Crippen LogP contribution >= 0.6 is 23.2 Å². The third-order valence-corrected chi connectivity index (χ3v) is 7.67. The number of allylic oxidation sites excluding steroid dienone is 2. The summed E-state index contributed by atoms with van der Waals surface area (Å²) in [6, 6.07) is 0.823. The van der Waals surface area contributed by atoms with Crippen LogP contribution in [0, 0.1) is 23.4 Å². The van der Waals surface area contributed by atoms with Crippen LogP contribution in [0.4, 0.5) is 24.7 Å². The molecular formula is C26H26Cl2F3N7O. The molecule has 4 heterocycles. The van der Waals surface area contributed by atoms with Crippen LogP contribution in [0.25, 0.3) is 28.0 Å². The quantitative estimate of drug-likeness (QED) is 0.237. The van der Waals surface area contributed by atoms with E-state index in [9.17, 15) is 9.18 Å². The standard InChI is InChI=1S/C26H26Cl2F3N7O/c1-11(2)21-23(12(3)4-5-34-21)38-25-13(24(36-26(38)39)37-8-6-33-7-9-37)10-14(29)22(35-25)15-18(30)16(27)19(31)17(28)20(15)32/h4-5,10-11,21,33-34H,6-9,32H2,1-3H3. The van der Waals surface area contributed by atoms with Gasteiger partial charge in [0, 0.05) is 26.2 Å². The minimum atomic E-state index is -1.31. The van der Waals surface area contributed by atoms with Crippen LogP contribution in [0.15, 0.2) is 28.7 Å². The van der Waals surface area contributed by atoms with E-state index in [2.05, 4.69) is 20.6 Å². The lowest BCUT2D eigenvalue weighted by Gasteiger charge is -2.32. The van der Waals surface area contributed by atoms with Crippen molar-refractivity contribution in [3.63, 3.8) is 0 Å². The van der Waals surface area contributed by atoms with Crippen LogP contribution in [0.5, 0.6) is 0 Å². The number of hydrogen-bond acceptors (Lipinski definition) is 7. The first-order valence-electron chi connectivity index (χ1n) is 12.4. The molecule has 0 saturated carbocycles. The molecule has 206 valence electrons. The predicted molar refractivity (Wildman–Crippen MR) is 148 cm³/mol. The van der Waals surface area contributed by atoms with Crippen molar-refractivity contribution in [1.29, 1.82) is 0 Å². The third kappa shape index (κ3) is 4.52. The number of nitrogen functional groups attached to an aromatic ring is 1. The first kappa shape index (κ1) is 27.3. The molecule has 1 saturated heterocycles. The van der Waals surface area contributed by atoms with Crippen molar-refractivity contribution < 1.29 is 13.2 Å². The summed E-state index contributed by atoms with van der Waals surface area (Å²) in [6.45, 7) is 8.15. The number of nitrogens with two attached hydrogens (primary N) is 1. The highest BCUT2D eigenvalue weighted by molar-refractivity contribution is 6.37. The number of halogens is 5. The van der Waals surface area contributed by atoms with Crippen molar-refractivity contribution in [1.82, 2.24) is 25.2 Å². The molecule has 2 aliphatic rings. The average Bonchev–Trinajstić information content (AvgIpc) is 2.92. The van der Waals surface area contributed by atoms with Crippen molar-refractivity contribution in [2.24, 2.45) is 5.92 Å². The van der Waals surface area contributed by atoms with E-state index in [0.717, 1.165) is 11.6 Å². The lowest BCUT2D eigenvalue weighted by atomic mass is 9.95. The van der Waals surface area contributed by atoms with E-state index in [0.29, 0.717) is 31.9 Å². The highest BCUT2D eigenvalue weighted by Gasteiger charge is 2.31. The maximum Gasteiger partial charge on any atom is 0.355 e. The minimum Gasteiger partial charge on any atom is -0.397 e. The molecule has 8 nitrogen and oxygen atoms in total. The Morgan fingerprint density at radius 1 is 1.10 bits per heavy atom. The van der Waals surface area contributed by atoms with Gasteiger partial charge in [-0.2, -0.15) is 4.98 Å². The lowest BCUT2D eigenvalue weighted by Crippen LogP contribution is -2.45. The number of benzene rings is 1. The number of piperazine rings is 1. The van der Waals surface area contributed by atoms with Gasteiger partial charge >= 0.3 is 5.69 Å². The topological polar surface area (TPSA) is 101 Å². The molecule has 1 unspecified atom stereocenters. The van der Waals surface area contributed by atoms with E-state index in [-0.39, 0.29) is 28.8 Å².